The first-order chi connectivity index (χ1) is 12.2. The third-order valence-electron chi connectivity index (χ3n) is 5.29. The summed E-state index contributed by atoms with van der Waals surface area (Å²) < 4.78 is 15.9. The lowest BCUT2D eigenvalue weighted by Crippen LogP contribution is -2.46. The summed E-state index contributed by atoms with van der Waals surface area (Å²) in [7, 11) is 1.86. The number of tetrazole rings is 1. The fraction of sp³-hybridized carbons (Fsp3) is 0.529. The third-order valence-corrected chi connectivity index (χ3v) is 5.29. The second-order valence-corrected chi connectivity index (χ2v) is 6.88. The van der Waals surface area contributed by atoms with E-state index in [4.69, 9.17) is 5.26 Å². The number of benzene rings is 1. The summed E-state index contributed by atoms with van der Waals surface area (Å²) in [6, 6.07) is 7.05. The Hall–Kier alpha value is -2.53. The number of likely N-dealkylation sites (tertiary alicyclic amines) is 1. The van der Waals surface area contributed by atoms with Crippen LogP contribution in [0.4, 0.5) is 10.3 Å². The molecule has 0 bridgehead atoms. The summed E-state index contributed by atoms with van der Waals surface area (Å²) >= 11 is 0. The predicted octanol–water partition coefficient (Wildman–Crippen LogP) is 1.32. The monoisotopic (exact) mass is 341 g/mol. The highest BCUT2D eigenvalue weighted by atomic mass is 19.1. The van der Waals surface area contributed by atoms with Crippen molar-refractivity contribution in [3.8, 4) is 6.07 Å². The van der Waals surface area contributed by atoms with Gasteiger partial charge in [0.25, 0.3) is 0 Å². The maximum atomic E-state index is 14.2. The molecule has 0 amide bonds. The van der Waals surface area contributed by atoms with Crippen LogP contribution in [0.15, 0.2) is 18.2 Å². The second kappa shape index (κ2) is 6.41. The number of fused-ring (bicyclic) bond motifs is 1. The minimum Gasteiger partial charge on any atom is -0.335 e. The van der Waals surface area contributed by atoms with Gasteiger partial charge >= 0.3 is 0 Å². The van der Waals surface area contributed by atoms with Crippen molar-refractivity contribution in [2.45, 2.75) is 25.4 Å². The van der Waals surface area contributed by atoms with Crippen LogP contribution in [0.2, 0.25) is 0 Å². The van der Waals surface area contributed by atoms with Crippen LogP contribution in [0, 0.1) is 23.1 Å². The molecule has 8 heteroatoms. The van der Waals surface area contributed by atoms with Crippen LogP contribution >= 0.6 is 0 Å². The molecule has 0 N–H and O–H groups in total. The Morgan fingerprint density at radius 2 is 2.24 bits per heavy atom. The Morgan fingerprint density at radius 3 is 2.96 bits per heavy atom. The SMILES string of the molecule is Cn1nnnc1N1CCCC2CN(Cc3ccc(C#N)cc3F)CC21. The maximum absolute atomic E-state index is 14.2. The third kappa shape index (κ3) is 2.96. The number of nitriles is 1. The Bertz CT molecular complexity index is 812. The number of aromatic nitrogens is 4. The van der Waals surface area contributed by atoms with E-state index in [1.807, 2.05) is 13.1 Å². The van der Waals surface area contributed by atoms with E-state index >= 15 is 0 Å². The first-order valence-electron chi connectivity index (χ1n) is 8.55. The molecule has 2 aliphatic heterocycles. The van der Waals surface area contributed by atoms with Gasteiger partial charge in [-0.15, -0.1) is 0 Å². The number of aryl methyl sites for hydroxylation is 1. The van der Waals surface area contributed by atoms with E-state index < -0.39 is 0 Å². The minimum atomic E-state index is -0.303. The number of halogens is 1. The van der Waals surface area contributed by atoms with E-state index in [0.717, 1.165) is 32.0 Å². The number of rotatable bonds is 3. The van der Waals surface area contributed by atoms with Gasteiger partial charge in [0.05, 0.1) is 11.6 Å². The van der Waals surface area contributed by atoms with Crippen LogP contribution in [0.25, 0.3) is 0 Å². The zero-order chi connectivity index (χ0) is 17.4. The van der Waals surface area contributed by atoms with Crippen LogP contribution in [-0.4, -0.2) is 50.8 Å². The molecule has 2 unspecified atom stereocenters. The summed E-state index contributed by atoms with van der Waals surface area (Å²) in [4.78, 5) is 4.59. The molecule has 1 aromatic carbocycles. The van der Waals surface area contributed by atoms with Crippen LogP contribution in [0.3, 0.4) is 0 Å². The smallest absolute Gasteiger partial charge is 0.245 e. The molecule has 7 nitrogen and oxygen atoms in total. The zero-order valence-electron chi connectivity index (χ0n) is 14.1. The van der Waals surface area contributed by atoms with E-state index in [9.17, 15) is 4.39 Å². The first kappa shape index (κ1) is 16.0. The summed E-state index contributed by atoms with van der Waals surface area (Å²) in [6.07, 6.45) is 2.30. The van der Waals surface area contributed by atoms with Crippen molar-refractivity contribution in [2.75, 3.05) is 24.5 Å². The van der Waals surface area contributed by atoms with E-state index in [1.54, 1.807) is 16.8 Å². The molecular formula is C17H20FN7. The van der Waals surface area contributed by atoms with Crippen molar-refractivity contribution in [1.82, 2.24) is 25.1 Å². The fourth-order valence-electron chi connectivity index (χ4n) is 4.10. The van der Waals surface area contributed by atoms with Gasteiger partial charge in [-0.25, -0.2) is 9.07 Å². The summed E-state index contributed by atoms with van der Waals surface area (Å²) in [5.74, 6) is 1.05. The Morgan fingerprint density at radius 1 is 1.36 bits per heavy atom. The van der Waals surface area contributed by atoms with E-state index in [-0.39, 0.29) is 5.82 Å². The van der Waals surface area contributed by atoms with Gasteiger partial charge in [0, 0.05) is 44.8 Å². The standard InChI is InChI=1S/C17H20FN7/c1-23-17(20-21-22-23)25-6-2-3-14-10-24(11-16(14)25)9-13-5-4-12(8-19)7-15(13)18/h4-5,7,14,16H,2-3,6,9-11H2,1H3. The predicted molar refractivity (Wildman–Crippen MR) is 89.0 cm³/mol. The lowest BCUT2D eigenvalue weighted by Gasteiger charge is -2.36. The molecule has 0 saturated carbocycles. The Labute approximate surface area is 145 Å². The van der Waals surface area contributed by atoms with Gasteiger partial charge in [-0.1, -0.05) is 11.2 Å². The molecule has 2 fully saturated rings. The molecule has 25 heavy (non-hydrogen) atoms. The van der Waals surface area contributed by atoms with Gasteiger partial charge < -0.3 is 4.90 Å². The molecule has 2 atom stereocenters. The lowest BCUT2D eigenvalue weighted by molar-refractivity contribution is 0.308. The van der Waals surface area contributed by atoms with Crippen molar-refractivity contribution in [2.24, 2.45) is 13.0 Å². The number of hydrogen-bond donors (Lipinski definition) is 0. The van der Waals surface area contributed by atoms with Gasteiger partial charge in [0.2, 0.25) is 5.95 Å². The summed E-state index contributed by atoms with van der Waals surface area (Å²) in [5, 5.41) is 20.7. The molecule has 130 valence electrons. The number of anilines is 1. The molecule has 2 saturated heterocycles. The van der Waals surface area contributed by atoms with Crippen molar-refractivity contribution in [3.05, 3.63) is 35.1 Å². The number of hydrogen-bond acceptors (Lipinski definition) is 6. The van der Waals surface area contributed by atoms with Crippen molar-refractivity contribution >= 4 is 5.95 Å². The van der Waals surface area contributed by atoms with Crippen molar-refractivity contribution < 1.29 is 4.39 Å². The quantitative estimate of drug-likeness (QED) is 0.838. The highest BCUT2D eigenvalue weighted by molar-refractivity contribution is 5.34. The zero-order valence-corrected chi connectivity index (χ0v) is 14.1. The topological polar surface area (TPSA) is 73.9 Å². The van der Waals surface area contributed by atoms with Gasteiger partial charge in [-0.05, 0) is 41.3 Å². The maximum Gasteiger partial charge on any atom is 0.245 e. The molecule has 4 rings (SSSR count). The van der Waals surface area contributed by atoms with Gasteiger partial charge in [-0.2, -0.15) is 5.26 Å². The highest BCUT2D eigenvalue weighted by Gasteiger charge is 2.40. The van der Waals surface area contributed by atoms with Crippen LogP contribution in [0.5, 0.6) is 0 Å². The van der Waals surface area contributed by atoms with Crippen LogP contribution in [-0.2, 0) is 13.6 Å². The fourth-order valence-corrected chi connectivity index (χ4v) is 4.10. The average Bonchev–Trinajstić information content (AvgIpc) is 3.22. The average molecular weight is 341 g/mol. The Kier molecular flexibility index (Phi) is 4.09. The van der Waals surface area contributed by atoms with Crippen molar-refractivity contribution in [1.29, 1.82) is 5.26 Å². The van der Waals surface area contributed by atoms with E-state index in [2.05, 4.69) is 25.3 Å². The Balaban J connectivity index is 1.50. The minimum absolute atomic E-state index is 0.303. The second-order valence-electron chi connectivity index (χ2n) is 6.88. The van der Waals surface area contributed by atoms with Crippen LogP contribution < -0.4 is 4.90 Å². The van der Waals surface area contributed by atoms with Gasteiger partial charge in [0.1, 0.15) is 5.82 Å². The lowest BCUT2D eigenvalue weighted by atomic mass is 9.92. The van der Waals surface area contributed by atoms with E-state index in [1.165, 1.54) is 12.5 Å². The largest absolute Gasteiger partial charge is 0.335 e. The summed E-state index contributed by atoms with van der Waals surface area (Å²) in [6.45, 7) is 3.34. The molecule has 0 spiro atoms. The molecule has 0 radical (unpaired) electrons. The van der Waals surface area contributed by atoms with Gasteiger partial charge in [0.15, 0.2) is 0 Å². The highest BCUT2D eigenvalue weighted by Crippen LogP contribution is 2.33. The molecule has 2 aromatic rings. The number of piperidine rings is 1. The number of nitrogens with zero attached hydrogens (tertiary/aromatic N) is 7. The molecule has 0 aliphatic carbocycles. The van der Waals surface area contributed by atoms with Crippen LogP contribution in [0.1, 0.15) is 24.0 Å². The summed E-state index contributed by atoms with van der Waals surface area (Å²) in [5.41, 5.74) is 1.00. The van der Waals surface area contributed by atoms with Crippen molar-refractivity contribution in [3.63, 3.8) is 0 Å². The molecule has 3 heterocycles. The first-order valence-corrected chi connectivity index (χ1v) is 8.55. The normalized spacial score (nSPS) is 23.5. The molecule has 1 aromatic heterocycles. The molecular weight excluding hydrogens is 321 g/mol. The van der Waals surface area contributed by atoms with E-state index in [0.29, 0.717) is 29.6 Å². The molecule has 2 aliphatic rings. The van der Waals surface area contributed by atoms with Gasteiger partial charge in [-0.3, -0.25) is 4.90 Å².